The molecule has 1 saturated carbocycles. The summed E-state index contributed by atoms with van der Waals surface area (Å²) in [6.45, 7) is 6.54. The highest BCUT2D eigenvalue weighted by molar-refractivity contribution is 5.97. The third kappa shape index (κ3) is 3.66. The largest absolute Gasteiger partial charge is 0.370 e. The van der Waals surface area contributed by atoms with Crippen molar-refractivity contribution < 1.29 is 9.53 Å². The van der Waals surface area contributed by atoms with Crippen molar-refractivity contribution in [3.63, 3.8) is 0 Å². The lowest BCUT2D eigenvalue weighted by Gasteiger charge is -2.28. The second-order valence-corrected chi connectivity index (χ2v) is 5.83. The van der Waals surface area contributed by atoms with Gasteiger partial charge in [0.15, 0.2) is 5.78 Å². The SMILES string of the molecule is Cc1ccc(C(=O)COC2CCCCC2C)cc1C. The fourth-order valence-electron chi connectivity index (χ4n) is 2.71. The van der Waals surface area contributed by atoms with Crippen molar-refractivity contribution >= 4 is 5.78 Å². The topological polar surface area (TPSA) is 26.3 Å². The molecule has 2 nitrogen and oxygen atoms in total. The second kappa shape index (κ2) is 6.33. The average molecular weight is 260 g/mol. The van der Waals surface area contributed by atoms with Gasteiger partial charge in [-0.1, -0.05) is 31.9 Å². The standard InChI is InChI=1S/C17H24O2/c1-12-8-9-15(10-14(12)3)16(18)11-19-17-7-5-4-6-13(17)2/h8-10,13,17H,4-7,11H2,1-3H3. The predicted molar refractivity (Wildman–Crippen MR) is 77.6 cm³/mol. The molecule has 1 aromatic rings. The van der Waals surface area contributed by atoms with Crippen LogP contribution in [0.5, 0.6) is 0 Å². The van der Waals surface area contributed by atoms with Gasteiger partial charge >= 0.3 is 0 Å². The molecule has 1 aliphatic rings. The van der Waals surface area contributed by atoms with Gasteiger partial charge in [-0.3, -0.25) is 4.79 Å². The summed E-state index contributed by atoms with van der Waals surface area (Å²) < 4.78 is 5.83. The highest BCUT2D eigenvalue weighted by atomic mass is 16.5. The van der Waals surface area contributed by atoms with Crippen LogP contribution in [0.25, 0.3) is 0 Å². The van der Waals surface area contributed by atoms with E-state index in [1.54, 1.807) is 0 Å². The van der Waals surface area contributed by atoms with Gasteiger partial charge in [0.2, 0.25) is 0 Å². The predicted octanol–water partition coefficient (Wildman–Crippen LogP) is 4.08. The molecule has 1 aliphatic carbocycles. The molecule has 2 heteroatoms. The molecule has 0 aromatic heterocycles. The van der Waals surface area contributed by atoms with E-state index in [-0.39, 0.29) is 18.5 Å². The van der Waals surface area contributed by atoms with Gasteiger partial charge in [0.1, 0.15) is 6.61 Å². The van der Waals surface area contributed by atoms with Crippen LogP contribution in [-0.2, 0) is 4.74 Å². The Morgan fingerprint density at radius 3 is 2.63 bits per heavy atom. The smallest absolute Gasteiger partial charge is 0.188 e. The lowest BCUT2D eigenvalue weighted by atomic mass is 9.88. The van der Waals surface area contributed by atoms with Gasteiger partial charge in [0.05, 0.1) is 6.10 Å². The summed E-state index contributed by atoms with van der Waals surface area (Å²) in [6.07, 6.45) is 5.12. The maximum Gasteiger partial charge on any atom is 0.188 e. The Labute approximate surface area is 116 Å². The zero-order valence-electron chi connectivity index (χ0n) is 12.2. The van der Waals surface area contributed by atoms with E-state index in [0.29, 0.717) is 5.92 Å². The van der Waals surface area contributed by atoms with E-state index in [9.17, 15) is 4.79 Å². The Hall–Kier alpha value is -1.15. The number of Topliss-reactive ketones (excluding diaryl/α,β-unsaturated/α-hetero) is 1. The van der Waals surface area contributed by atoms with E-state index in [2.05, 4.69) is 13.8 Å². The summed E-state index contributed by atoms with van der Waals surface area (Å²) in [5.41, 5.74) is 3.15. The Bertz CT molecular complexity index is 451. The van der Waals surface area contributed by atoms with Crippen LogP contribution in [0.1, 0.15) is 54.1 Å². The normalized spacial score (nSPS) is 23.3. The van der Waals surface area contributed by atoms with Crippen molar-refractivity contribution in [2.75, 3.05) is 6.61 Å². The van der Waals surface area contributed by atoms with Crippen molar-refractivity contribution in [1.29, 1.82) is 0 Å². The molecule has 0 heterocycles. The summed E-state index contributed by atoms with van der Waals surface area (Å²) in [6, 6.07) is 5.87. The van der Waals surface area contributed by atoms with E-state index in [1.165, 1.54) is 24.8 Å². The lowest BCUT2D eigenvalue weighted by Crippen LogP contribution is -2.28. The summed E-state index contributed by atoms with van der Waals surface area (Å²) in [5.74, 6) is 0.683. The van der Waals surface area contributed by atoms with Gasteiger partial charge in [-0.15, -0.1) is 0 Å². The minimum absolute atomic E-state index is 0.0980. The molecule has 19 heavy (non-hydrogen) atoms. The molecule has 1 aromatic carbocycles. The molecule has 0 spiro atoms. The van der Waals surface area contributed by atoms with E-state index >= 15 is 0 Å². The van der Waals surface area contributed by atoms with Gasteiger partial charge in [-0.05, 0) is 49.8 Å². The molecule has 104 valence electrons. The van der Waals surface area contributed by atoms with Gasteiger partial charge in [0.25, 0.3) is 0 Å². The number of carbonyl (C=O) groups is 1. The molecule has 0 N–H and O–H groups in total. The highest BCUT2D eigenvalue weighted by Gasteiger charge is 2.22. The summed E-state index contributed by atoms with van der Waals surface area (Å²) in [5, 5.41) is 0. The van der Waals surface area contributed by atoms with Gasteiger partial charge < -0.3 is 4.74 Å². The van der Waals surface area contributed by atoms with Gasteiger partial charge in [-0.25, -0.2) is 0 Å². The highest BCUT2D eigenvalue weighted by Crippen LogP contribution is 2.26. The van der Waals surface area contributed by atoms with Gasteiger partial charge in [-0.2, -0.15) is 0 Å². The average Bonchev–Trinajstić information content (AvgIpc) is 2.40. The number of hydrogen-bond donors (Lipinski definition) is 0. The third-order valence-electron chi connectivity index (χ3n) is 4.29. The Balaban J connectivity index is 1.91. The Kier molecular flexibility index (Phi) is 4.76. The van der Waals surface area contributed by atoms with Crippen molar-refractivity contribution in [2.24, 2.45) is 5.92 Å². The second-order valence-electron chi connectivity index (χ2n) is 5.83. The Morgan fingerprint density at radius 2 is 1.95 bits per heavy atom. The van der Waals surface area contributed by atoms with Crippen LogP contribution in [0.2, 0.25) is 0 Å². The van der Waals surface area contributed by atoms with Crippen LogP contribution in [-0.4, -0.2) is 18.5 Å². The molecule has 0 amide bonds. The van der Waals surface area contributed by atoms with Crippen molar-refractivity contribution in [3.05, 3.63) is 34.9 Å². The van der Waals surface area contributed by atoms with E-state index in [4.69, 9.17) is 4.74 Å². The van der Waals surface area contributed by atoms with E-state index < -0.39 is 0 Å². The minimum atomic E-state index is 0.0980. The number of ether oxygens (including phenoxy) is 1. The molecule has 2 rings (SSSR count). The summed E-state index contributed by atoms with van der Waals surface area (Å²) >= 11 is 0. The molecular formula is C17H24O2. The van der Waals surface area contributed by atoms with Crippen LogP contribution in [0.15, 0.2) is 18.2 Å². The van der Waals surface area contributed by atoms with Crippen molar-refractivity contribution in [3.8, 4) is 0 Å². The first-order chi connectivity index (χ1) is 9.08. The number of benzene rings is 1. The molecule has 0 saturated heterocycles. The number of hydrogen-bond acceptors (Lipinski definition) is 2. The van der Waals surface area contributed by atoms with Crippen molar-refractivity contribution in [1.82, 2.24) is 0 Å². The summed E-state index contributed by atoms with van der Waals surface area (Å²) in [4.78, 5) is 12.1. The first kappa shape index (κ1) is 14.3. The number of ketones is 1. The maximum atomic E-state index is 12.1. The van der Waals surface area contributed by atoms with Crippen LogP contribution in [0.3, 0.4) is 0 Å². The van der Waals surface area contributed by atoms with Crippen molar-refractivity contribution in [2.45, 2.75) is 52.6 Å². The van der Waals surface area contributed by atoms with Gasteiger partial charge in [0, 0.05) is 5.56 Å². The Morgan fingerprint density at radius 1 is 1.21 bits per heavy atom. The van der Waals surface area contributed by atoms with Crippen LogP contribution in [0.4, 0.5) is 0 Å². The molecule has 2 unspecified atom stereocenters. The molecular weight excluding hydrogens is 236 g/mol. The molecule has 0 aliphatic heterocycles. The monoisotopic (exact) mass is 260 g/mol. The van der Waals surface area contributed by atoms with E-state index in [1.807, 2.05) is 25.1 Å². The lowest BCUT2D eigenvalue weighted by molar-refractivity contribution is 0.000747. The van der Waals surface area contributed by atoms with Crippen LogP contribution >= 0.6 is 0 Å². The summed E-state index contributed by atoms with van der Waals surface area (Å²) in [7, 11) is 0. The first-order valence-electron chi connectivity index (χ1n) is 7.30. The van der Waals surface area contributed by atoms with E-state index in [0.717, 1.165) is 17.5 Å². The zero-order valence-corrected chi connectivity index (χ0v) is 12.2. The number of rotatable bonds is 4. The molecule has 2 atom stereocenters. The number of aryl methyl sites for hydroxylation is 2. The van der Waals surface area contributed by atoms with Crippen LogP contribution < -0.4 is 0 Å². The zero-order chi connectivity index (χ0) is 13.8. The molecule has 1 fully saturated rings. The quantitative estimate of drug-likeness (QED) is 0.762. The first-order valence-corrected chi connectivity index (χ1v) is 7.30. The fraction of sp³-hybridized carbons (Fsp3) is 0.588. The molecule has 0 bridgehead atoms. The minimum Gasteiger partial charge on any atom is -0.370 e. The maximum absolute atomic E-state index is 12.1. The third-order valence-corrected chi connectivity index (χ3v) is 4.29. The van der Waals surface area contributed by atoms with Crippen LogP contribution in [0, 0.1) is 19.8 Å². The molecule has 0 radical (unpaired) electrons. The fourth-order valence-corrected chi connectivity index (χ4v) is 2.71. The number of carbonyl (C=O) groups excluding carboxylic acids is 1.